The van der Waals surface area contributed by atoms with Crippen molar-refractivity contribution >= 4 is 11.7 Å². The van der Waals surface area contributed by atoms with Gasteiger partial charge in [0.1, 0.15) is 12.4 Å². The van der Waals surface area contributed by atoms with E-state index in [2.05, 4.69) is 24.4 Å². The summed E-state index contributed by atoms with van der Waals surface area (Å²) in [6.45, 7) is 4.89. The molecular formula is C27H29NO4. The molecule has 0 aliphatic carbocycles. The lowest BCUT2D eigenvalue weighted by molar-refractivity contribution is 0.0306. The van der Waals surface area contributed by atoms with Crippen molar-refractivity contribution in [1.29, 1.82) is 0 Å². The first-order valence-electron chi connectivity index (χ1n) is 10.8. The van der Waals surface area contributed by atoms with Crippen LogP contribution in [0, 0.1) is 0 Å². The Hall–Kier alpha value is -3.31. The van der Waals surface area contributed by atoms with Gasteiger partial charge in [-0.2, -0.15) is 0 Å². The van der Waals surface area contributed by atoms with Crippen molar-refractivity contribution in [3.8, 4) is 5.75 Å². The van der Waals surface area contributed by atoms with E-state index >= 15 is 0 Å². The van der Waals surface area contributed by atoms with E-state index in [4.69, 9.17) is 4.74 Å². The van der Waals surface area contributed by atoms with Gasteiger partial charge in [0, 0.05) is 29.6 Å². The molecule has 0 spiro atoms. The number of carbonyl (C=O) groups excluding carboxylic acids is 1. The highest BCUT2D eigenvalue weighted by Gasteiger charge is 2.36. The normalized spacial score (nSPS) is 16.5. The van der Waals surface area contributed by atoms with Crippen molar-refractivity contribution in [1.82, 2.24) is 0 Å². The summed E-state index contributed by atoms with van der Waals surface area (Å²) in [4.78, 5) is 11.7. The predicted molar refractivity (Wildman–Crippen MR) is 125 cm³/mol. The lowest BCUT2D eigenvalue weighted by Gasteiger charge is -2.38. The Labute approximate surface area is 188 Å². The van der Waals surface area contributed by atoms with E-state index in [-0.39, 0.29) is 17.1 Å². The van der Waals surface area contributed by atoms with E-state index in [1.807, 2.05) is 43.3 Å². The van der Waals surface area contributed by atoms with Crippen LogP contribution < -0.4 is 5.32 Å². The maximum absolute atomic E-state index is 11.7. The lowest BCUT2D eigenvalue weighted by atomic mass is 9.72. The molecule has 0 saturated heterocycles. The van der Waals surface area contributed by atoms with Crippen molar-refractivity contribution in [2.75, 3.05) is 11.9 Å². The summed E-state index contributed by atoms with van der Waals surface area (Å²) in [5.74, 6) is -0.0754. The van der Waals surface area contributed by atoms with Crippen molar-refractivity contribution in [3.05, 3.63) is 95.1 Å². The first-order valence-corrected chi connectivity index (χ1v) is 10.8. The standard InChI is InChI=1S/C27H29NO4/c1-26(21-8-4-3-5-9-21,17-27(2,31)15-19-7-6-10-23(29)13-19)18-28-22-11-12-24-20(14-22)16-32-25(24)30/h3-14,28-29,31H,15-18H2,1-2H3. The fourth-order valence-corrected chi connectivity index (χ4v) is 4.66. The monoisotopic (exact) mass is 431 g/mol. The number of phenols is 1. The Bertz CT molecular complexity index is 1110. The summed E-state index contributed by atoms with van der Waals surface area (Å²) in [6, 6.07) is 22.9. The van der Waals surface area contributed by atoms with Gasteiger partial charge in [0.25, 0.3) is 0 Å². The molecule has 5 nitrogen and oxygen atoms in total. The fourth-order valence-electron chi connectivity index (χ4n) is 4.66. The van der Waals surface area contributed by atoms with E-state index in [9.17, 15) is 15.0 Å². The van der Waals surface area contributed by atoms with Gasteiger partial charge in [-0.25, -0.2) is 4.79 Å². The summed E-state index contributed by atoms with van der Waals surface area (Å²) in [7, 11) is 0. The minimum atomic E-state index is -0.988. The number of carbonyl (C=O) groups is 1. The van der Waals surface area contributed by atoms with E-state index in [0.29, 0.717) is 31.6 Å². The largest absolute Gasteiger partial charge is 0.508 e. The molecule has 4 rings (SSSR count). The minimum Gasteiger partial charge on any atom is -0.508 e. The van der Waals surface area contributed by atoms with Gasteiger partial charge in [0.05, 0.1) is 11.2 Å². The number of cyclic esters (lactones) is 1. The van der Waals surface area contributed by atoms with E-state index < -0.39 is 5.60 Å². The Morgan fingerprint density at radius 3 is 2.53 bits per heavy atom. The number of hydrogen-bond donors (Lipinski definition) is 3. The summed E-state index contributed by atoms with van der Waals surface area (Å²) < 4.78 is 5.11. The van der Waals surface area contributed by atoms with Gasteiger partial charge in [0.2, 0.25) is 0 Å². The Morgan fingerprint density at radius 2 is 1.78 bits per heavy atom. The van der Waals surface area contributed by atoms with Gasteiger partial charge in [-0.05, 0) is 54.8 Å². The molecule has 1 heterocycles. The molecule has 5 heteroatoms. The predicted octanol–water partition coefficient (Wildman–Crippen LogP) is 4.82. The van der Waals surface area contributed by atoms with Crippen LogP contribution in [0.25, 0.3) is 0 Å². The van der Waals surface area contributed by atoms with Gasteiger partial charge in [0.15, 0.2) is 0 Å². The van der Waals surface area contributed by atoms with Crippen LogP contribution in [0.3, 0.4) is 0 Å². The molecule has 0 bridgehead atoms. The van der Waals surface area contributed by atoms with Crippen LogP contribution in [0.15, 0.2) is 72.8 Å². The van der Waals surface area contributed by atoms with Gasteiger partial charge in [-0.15, -0.1) is 0 Å². The fraction of sp³-hybridized carbons (Fsp3) is 0.296. The number of nitrogens with one attached hydrogen (secondary N) is 1. The van der Waals surface area contributed by atoms with Gasteiger partial charge >= 0.3 is 5.97 Å². The Kier molecular flexibility index (Phi) is 5.94. The number of rotatable bonds is 8. The zero-order chi connectivity index (χ0) is 22.8. The third kappa shape index (κ3) is 4.94. The molecule has 0 saturated carbocycles. The highest BCUT2D eigenvalue weighted by molar-refractivity contribution is 5.93. The molecule has 166 valence electrons. The number of fused-ring (bicyclic) bond motifs is 1. The van der Waals surface area contributed by atoms with Crippen molar-refractivity contribution < 1.29 is 19.7 Å². The van der Waals surface area contributed by atoms with Crippen molar-refractivity contribution in [2.45, 2.75) is 44.3 Å². The zero-order valence-corrected chi connectivity index (χ0v) is 18.5. The van der Waals surface area contributed by atoms with Gasteiger partial charge in [-0.1, -0.05) is 49.4 Å². The molecule has 3 aromatic rings. The van der Waals surface area contributed by atoms with Gasteiger partial charge < -0.3 is 20.3 Å². The van der Waals surface area contributed by atoms with Crippen molar-refractivity contribution in [2.24, 2.45) is 0 Å². The molecular weight excluding hydrogens is 402 g/mol. The quantitative estimate of drug-likeness (QED) is 0.446. The Balaban J connectivity index is 1.55. The molecule has 2 unspecified atom stereocenters. The second-order valence-corrected chi connectivity index (χ2v) is 9.25. The topological polar surface area (TPSA) is 78.8 Å². The molecule has 0 radical (unpaired) electrons. The number of hydrogen-bond acceptors (Lipinski definition) is 5. The maximum atomic E-state index is 11.7. The summed E-state index contributed by atoms with van der Waals surface area (Å²) in [6.07, 6.45) is 0.946. The zero-order valence-electron chi connectivity index (χ0n) is 18.5. The molecule has 1 aliphatic rings. The second kappa shape index (κ2) is 8.67. The number of aromatic hydroxyl groups is 1. The van der Waals surface area contributed by atoms with Gasteiger partial charge in [-0.3, -0.25) is 0 Å². The highest BCUT2D eigenvalue weighted by atomic mass is 16.5. The number of phenolic OH excluding ortho intramolecular Hbond substituents is 1. The summed E-state index contributed by atoms with van der Waals surface area (Å²) >= 11 is 0. The lowest BCUT2D eigenvalue weighted by Crippen LogP contribution is -2.41. The van der Waals surface area contributed by atoms with E-state index in [0.717, 1.165) is 22.4 Å². The second-order valence-electron chi connectivity index (χ2n) is 9.25. The number of aliphatic hydroxyl groups is 1. The van der Waals surface area contributed by atoms with E-state index in [1.165, 1.54) is 0 Å². The van der Waals surface area contributed by atoms with Crippen LogP contribution in [0.1, 0.15) is 47.3 Å². The number of esters is 1. The molecule has 32 heavy (non-hydrogen) atoms. The third-order valence-electron chi connectivity index (χ3n) is 6.10. The first-order chi connectivity index (χ1) is 15.2. The molecule has 3 N–H and O–H groups in total. The SMILES string of the molecule is CC(O)(Cc1cccc(O)c1)CC(C)(CNc1ccc2c(c1)COC2=O)c1ccccc1. The summed E-state index contributed by atoms with van der Waals surface area (Å²) in [5.41, 5.74) is 3.08. The average Bonchev–Trinajstić information content (AvgIpc) is 3.12. The van der Waals surface area contributed by atoms with Crippen molar-refractivity contribution in [3.63, 3.8) is 0 Å². The molecule has 3 aromatic carbocycles. The van der Waals surface area contributed by atoms with Crippen LogP contribution in [-0.4, -0.2) is 28.3 Å². The number of anilines is 1. The minimum absolute atomic E-state index is 0.199. The molecule has 1 aliphatic heterocycles. The Morgan fingerprint density at radius 1 is 1.00 bits per heavy atom. The molecule has 2 atom stereocenters. The molecule has 0 amide bonds. The third-order valence-corrected chi connectivity index (χ3v) is 6.10. The summed E-state index contributed by atoms with van der Waals surface area (Å²) in [5, 5.41) is 24.6. The molecule has 0 aromatic heterocycles. The number of ether oxygens (including phenoxy) is 1. The van der Waals surface area contributed by atoms with Crippen LogP contribution >= 0.6 is 0 Å². The smallest absolute Gasteiger partial charge is 0.338 e. The first kappa shape index (κ1) is 21.9. The van der Waals surface area contributed by atoms with Crippen LogP contribution in [0.5, 0.6) is 5.75 Å². The van der Waals surface area contributed by atoms with E-state index in [1.54, 1.807) is 24.3 Å². The average molecular weight is 432 g/mol. The maximum Gasteiger partial charge on any atom is 0.338 e. The number of benzene rings is 3. The van der Waals surface area contributed by atoms with Crippen LogP contribution in [-0.2, 0) is 23.2 Å². The molecule has 0 fully saturated rings. The van der Waals surface area contributed by atoms with Crippen LogP contribution in [0.4, 0.5) is 5.69 Å². The van der Waals surface area contributed by atoms with Crippen LogP contribution in [0.2, 0.25) is 0 Å². The highest BCUT2D eigenvalue weighted by Crippen LogP contribution is 2.35.